The molecule has 0 aliphatic heterocycles. The number of hydrogen-bond acceptors (Lipinski definition) is 2. The van der Waals surface area contributed by atoms with Crippen molar-refractivity contribution in [3.05, 3.63) is 40.7 Å². The highest BCUT2D eigenvalue weighted by molar-refractivity contribution is 6.01. The molecule has 0 radical (unpaired) electrons. The predicted octanol–water partition coefficient (Wildman–Crippen LogP) is 2.14. The van der Waals surface area contributed by atoms with Crippen LogP contribution in [-0.2, 0) is 4.79 Å². The van der Waals surface area contributed by atoms with Crippen molar-refractivity contribution in [3.8, 4) is 0 Å². The SMILES string of the molecule is CC(C)=CC(=O)Nc1cc(C(N)=O)cc(F)c1C. The molecule has 0 unspecified atom stereocenters. The molecule has 4 nitrogen and oxygen atoms in total. The van der Waals surface area contributed by atoms with Crippen LogP contribution in [0.4, 0.5) is 10.1 Å². The fourth-order valence-electron chi connectivity index (χ4n) is 1.38. The molecular formula is C13H15FN2O2. The highest BCUT2D eigenvalue weighted by Gasteiger charge is 2.11. The lowest BCUT2D eigenvalue weighted by atomic mass is 10.1. The van der Waals surface area contributed by atoms with Crippen molar-refractivity contribution in [1.29, 1.82) is 0 Å². The zero-order valence-electron chi connectivity index (χ0n) is 10.5. The zero-order chi connectivity index (χ0) is 13.9. The molecule has 0 saturated heterocycles. The number of carbonyl (C=O) groups is 2. The second kappa shape index (κ2) is 5.44. The van der Waals surface area contributed by atoms with Gasteiger partial charge >= 0.3 is 0 Å². The van der Waals surface area contributed by atoms with E-state index in [0.29, 0.717) is 0 Å². The van der Waals surface area contributed by atoms with E-state index in [0.717, 1.165) is 11.6 Å². The minimum absolute atomic E-state index is 0.0191. The smallest absolute Gasteiger partial charge is 0.248 e. The molecule has 1 aromatic rings. The number of nitrogens with one attached hydrogen (secondary N) is 1. The van der Waals surface area contributed by atoms with E-state index in [9.17, 15) is 14.0 Å². The van der Waals surface area contributed by atoms with Gasteiger partial charge < -0.3 is 11.1 Å². The van der Waals surface area contributed by atoms with Gasteiger partial charge in [0, 0.05) is 22.9 Å². The van der Waals surface area contributed by atoms with Gasteiger partial charge in [-0.25, -0.2) is 4.39 Å². The van der Waals surface area contributed by atoms with Gasteiger partial charge in [-0.3, -0.25) is 9.59 Å². The fourth-order valence-corrected chi connectivity index (χ4v) is 1.38. The van der Waals surface area contributed by atoms with Gasteiger partial charge in [0.15, 0.2) is 0 Å². The van der Waals surface area contributed by atoms with Crippen molar-refractivity contribution < 1.29 is 14.0 Å². The van der Waals surface area contributed by atoms with Gasteiger partial charge in [-0.05, 0) is 32.9 Å². The molecule has 0 fully saturated rings. The summed E-state index contributed by atoms with van der Waals surface area (Å²) in [4.78, 5) is 22.6. The molecule has 1 aromatic carbocycles. The Labute approximate surface area is 105 Å². The van der Waals surface area contributed by atoms with E-state index in [1.807, 2.05) is 0 Å². The Morgan fingerprint density at radius 1 is 1.33 bits per heavy atom. The maximum Gasteiger partial charge on any atom is 0.248 e. The number of nitrogens with two attached hydrogens (primary N) is 1. The van der Waals surface area contributed by atoms with E-state index < -0.39 is 11.7 Å². The normalized spacial score (nSPS) is 9.78. The standard InChI is InChI=1S/C13H15FN2O2/c1-7(2)4-12(17)16-11-6-9(13(15)18)5-10(14)8(11)3/h4-6H,1-3H3,(H2,15,18)(H,16,17). The van der Waals surface area contributed by atoms with Gasteiger partial charge in [0.2, 0.25) is 11.8 Å². The van der Waals surface area contributed by atoms with Crippen molar-refractivity contribution in [2.45, 2.75) is 20.8 Å². The van der Waals surface area contributed by atoms with Gasteiger partial charge in [0.05, 0.1) is 0 Å². The topological polar surface area (TPSA) is 72.2 Å². The first-order valence-electron chi connectivity index (χ1n) is 5.37. The zero-order valence-corrected chi connectivity index (χ0v) is 10.5. The summed E-state index contributed by atoms with van der Waals surface area (Å²) in [5.41, 5.74) is 6.42. The lowest BCUT2D eigenvalue weighted by molar-refractivity contribution is -0.112. The van der Waals surface area contributed by atoms with Crippen LogP contribution in [0.3, 0.4) is 0 Å². The molecule has 1 rings (SSSR count). The number of primary amides is 1. The summed E-state index contributed by atoms with van der Waals surface area (Å²) in [6.07, 6.45) is 1.38. The second-order valence-electron chi connectivity index (χ2n) is 4.21. The maximum absolute atomic E-state index is 13.5. The molecule has 0 spiro atoms. The lowest BCUT2D eigenvalue weighted by Gasteiger charge is -2.09. The molecule has 0 aliphatic carbocycles. The van der Waals surface area contributed by atoms with Crippen molar-refractivity contribution >= 4 is 17.5 Å². The largest absolute Gasteiger partial charge is 0.366 e. The molecule has 18 heavy (non-hydrogen) atoms. The van der Waals surface area contributed by atoms with E-state index in [-0.39, 0.29) is 22.7 Å². The number of carbonyl (C=O) groups excluding carboxylic acids is 2. The third kappa shape index (κ3) is 3.41. The van der Waals surface area contributed by atoms with Crippen LogP contribution in [0.5, 0.6) is 0 Å². The number of hydrogen-bond donors (Lipinski definition) is 2. The Morgan fingerprint density at radius 3 is 2.44 bits per heavy atom. The van der Waals surface area contributed by atoms with Crippen LogP contribution in [0, 0.1) is 12.7 Å². The van der Waals surface area contributed by atoms with Crippen LogP contribution in [0.25, 0.3) is 0 Å². The summed E-state index contributed by atoms with van der Waals surface area (Å²) >= 11 is 0. The summed E-state index contributed by atoms with van der Waals surface area (Å²) in [5.74, 6) is -1.70. The van der Waals surface area contributed by atoms with Crippen LogP contribution in [-0.4, -0.2) is 11.8 Å². The summed E-state index contributed by atoms with van der Waals surface area (Å²) in [7, 11) is 0. The van der Waals surface area contributed by atoms with Gasteiger partial charge in [-0.1, -0.05) is 5.57 Å². The first-order valence-corrected chi connectivity index (χ1v) is 5.37. The quantitative estimate of drug-likeness (QED) is 0.807. The predicted molar refractivity (Wildman–Crippen MR) is 67.7 cm³/mol. The summed E-state index contributed by atoms with van der Waals surface area (Å²) in [6.45, 7) is 5.05. The highest BCUT2D eigenvalue weighted by atomic mass is 19.1. The molecule has 3 N–H and O–H groups in total. The number of rotatable bonds is 3. The minimum atomic E-state index is -0.744. The lowest BCUT2D eigenvalue weighted by Crippen LogP contribution is -2.15. The van der Waals surface area contributed by atoms with E-state index >= 15 is 0 Å². The third-order valence-corrected chi connectivity index (χ3v) is 2.31. The molecule has 0 aromatic heterocycles. The first kappa shape index (κ1) is 13.9. The number of anilines is 1. The van der Waals surface area contributed by atoms with Crippen LogP contribution >= 0.6 is 0 Å². The average Bonchev–Trinajstić information content (AvgIpc) is 2.22. The number of halogens is 1. The minimum Gasteiger partial charge on any atom is -0.366 e. The molecule has 5 heteroatoms. The molecule has 0 bridgehead atoms. The van der Waals surface area contributed by atoms with E-state index in [2.05, 4.69) is 5.32 Å². The van der Waals surface area contributed by atoms with Crippen LogP contribution in [0.2, 0.25) is 0 Å². The van der Waals surface area contributed by atoms with E-state index in [4.69, 9.17) is 5.73 Å². The molecule has 0 heterocycles. The fraction of sp³-hybridized carbons (Fsp3) is 0.231. The van der Waals surface area contributed by atoms with Gasteiger partial charge in [-0.2, -0.15) is 0 Å². The van der Waals surface area contributed by atoms with Gasteiger partial charge in [-0.15, -0.1) is 0 Å². The van der Waals surface area contributed by atoms with Crippen LogP contribution in [0.15, 0.2) is 23.8 Å². The molecule has 0 atom stereocenters. The van der Waals surface area contributed by atoms with Crippen LogP contribution < -0.4 is 11.1 Å². The van der Waals surface area contributed by atoms with Crippen LogP contribution in [0.1, 0.15) is 29.8 Å². The Bertz CT molecular complexity index is 532. The number of benzene rings is 1. The average molecular weight is 250 g/mol. The Balaban J connectivity index is 3.12. The summed E-state index contributed by atoms with van der Waals surface area (Å²) < 4.78 is 13.5. The number of allylic oxidation sites excluding steroid dienone is 1. The number of amides is 2. The van der Waals surface area contributed by atoms with Crippen molar-refractivity contribution in [3.63, 3.8) is 0 Å². The maximum atomic E-state index is 13.5. The first-order chi connectivity index (χ1) is 8.31. The highest BCUT2D eigenvalue weighted by Crippen LogP contribution is 2.20. The molecular weight excluding hydrogens is 235 g/mol. The Kier molecular flexibility index (Phi) is 4.20. The van der Waals surface area contributed by atoms with E-state index in [1.54, 1.807) is 13.8 Å². The van der Waals surface area contributed by atoms with Gasteiger partial charge in [0.1, 0.15) is 5.82 Å². The second-order valence-corrected chi connectivity index (χ2v) is 4.21. The summed E-state index contributed by atoms with van der Waals surface area (Å²) in [5, 5.41) is 2.51. The molecule has 2 amide bonds. The van der Waals surface area contributed by atoms with Crippen molar-refractivity contribution in [2.24, 2.45) is 5.73 Å². The van der Waals surface area contributed by atoms with Crippen molar-refractivity contribution in [2.75, 3.05) is 5.32 Å². The Morgan fingerprint density at radius 2 is 1.94 bits per heavy atom. The Hall–Kier alpha value is -2.17. The molecule has 0 aliphatic rings. The van der Waals surface area contributed by atoms with Crippen molar-refractivity contribution in [1.82, 2.24) is 0 Å². The molecule has 0 saturated carbocycles. The molecule has 96 valence electrons. The monoisotopic (exact) mass is 250 g/mol. The summed E-state index contributed by atoms with van der Waals surface area (Å²) in [6, 6.07) is 2.41. The van der Waals surface area contributed by atoms with Gasteiger partial charge in [0.25, 0.3) is 0 Å². The third-order valence-electron chi connectivity index (χ3n) is 2.31. The van der Waals surface area contributed by atoms with E-state index in [1.165, 1.54) is 19.1 Å².